The highest BCUT2D eigenvalue weighted by molar-refractivity contribution is 5.91. The second-order valence-corrected chi connectivity index (χ2v) is 6.14. The summed E-state index contributed by atoms with van der Waals surface area (Å²) in [6.45, 7) is 2.05. The van der Waals surface area contributed by atoms with Crippen LogP contribution >= 0.6 is 0 Å². The van der Waals surface area contributed by atoms with E-state index >= 15 is 0 Å². The second-order valence-electron chi connectivity index (χ2n) is 6.14. The first-order valence-electron chi connectivity index (χ1n) is 9.07. The number of amides is 1. The van der Waals surface area contributed by atoms with Gasteiger partial charge >= 0.3 is 0 Å². The highest BCUT2D eigenvalue weighted by Gasteiger charge is 2.13. The Labute approximate surface area is 163 Å². The first kappa shape index (κ1) is 19.4. The molecule has 146 valence electrons. The highest BCUT2D eigenvalue weighted by atomic mass is 16.5. The molecule has 0 aliphatic carbocycles. The maximum Gasteiger partial charge on any atom is 0.227 e. The number of aromatic nitrogens is 2. The number of hydrogen-bond acceptors (Lipinski definition) is 6. The number of aryl methyl sites for hydroxylation is 2. The minimum absolute atomic E-state index is 0.0910. The van der Waals surface area contributed by atoms with Crippen molar-refractivity contribution in [2.24, 2.45) is 0 Å². The predicted octanol–water partition coefficient (Wildman–Crippen LogP) is 3.89. The van der Waals surface area contributed by atoms with Crippen LogP contribution in [-0.2, 0) is 17.6 Å². The van der Waals surface area contributed by atoms with Crippen LogP contribution < -0.4 is 14.8 Å². The Morgan fingerprint density at radius 2 is 1.89 bits per heavy atom. The molecular formula is C21H23N3O4. The van der Waals surface area contributed by atoms with Crippen LogP contribution in [0.2, 0.25) is 0 Å². The molecule has 3 rings (SSSR count). The molecule has 0 spiro atoms. The molecule has 0 saturated carbocycles. The van der Waals surface area contributed by atoms with E-state index in [1.165, 1.54) is 0 Å². The fraction of sp³-hybridized carbons (Fsp3) is 0.286. The van der Waals surface area contributed by atoms with E-state index in [0.717, 1.165) is 23.2 Å². The summed E-state index contributed by atoms with van der Waals surface area (Å²) in [4.78, 5) is 16.6. The van der Waals surface area contributed by atoms with Crippen molar-refractivity contribution in [1.82, 2.24) is 10.1 Å². The molecule has 0 atom stereocenters. The molecule has 0 fully saturated rings. The molecule has 1 N–H and O–H groups in total. The number of methoxy groups -OCH3 is 2. The van der Waals surface area contributed by atoms with Crippen LogP contribution in [0.25, 0.3) is 11.4 Å². The Balaban J connectivity index is 1.62. The van der Waals surface area contributed by atoms with Gasteiger partial charge in [0.25, 0.3) is 0 Å². The van der Waals surface area contributed by atoms with Gasteiger partial charge in [-0.1, -0.05) is 30.3 Å². The lowest BCUT2D eigenvalue weighted by atomic mass is 10.1. The van der Waals surface area contributed by atoms with Gasteiger partial charge in [0.2, 0.25) is 17.6 Å². The largest absolute Gasteiger partial charge is 0.493 e. The Morgan fingerprint density at radius 1 is 1.11 bits per heavy atom. The van der Waals surface area contributed by atoms with E-state index in [2.05, 4.69) is 22.4 Å². The van der Waals surface area contributed by atoms with Crippen molar-refractivity contribution in [2.75, 3.05) is 19.5 Å². The van der Waals surface area contributed by atoms with Crippen LogP contribution in [0.15, 0.2) is 47.0 Å². The van der Waals surface area contributed by atoms with E-state index in [0.29, 0.717) is 29.6 Å². The number of anilines is 1. The molecule has 7 heteroatoms. The number of para-hydroxylation sites is 1. The number of nitrogens with zero attached hydrogens (tertiary/aromatic N) is 2. The molecule has 1 aromatic heterocycles. The molecule has 7 nitrogen and oxygen atoms in total. The Bertz CT molecular complexity index is 952. The SMILES string of the molecule is CCc1ccccc1NC(=O)CCc1nc(-c2ccc(OC)c(OC)c2)no1. The summed E-state index contributed by atoms with van der Waals surface area (Å²) < 4.78 is 15.8. The van der Waals surface area contributed by atoms with Crippen molar-refractivity contribution in [1.29, 1.82) is 0 Å². The average Bonchev–Trinajstić information content (AvgIpc) is 3.21. The van der Waals surface area contributed by atoms with Gasteiger partial charge in [0, 0.05) is 24.1 Å². The normalized spacial score (nSPS) is 10.5. The third-order valence-electron chi connectivity index (χ3n) is 4.35. The summed E-state index contributed by atoms with van der Waals surface area (Å²) in [5.41, 5.74) is 2.69. The maximum atomic E-state index is 12.3. The number of rotatable bonds is 8. The van der Waals surface area contributed by atoms with Gasteiger partial charge in [-0.05, 0) is 36.2 Å². The third kappa shape index (κ3) is 4.49. The zero-order chi connectivity index (χ0) is 19.9. The average molecular weight is 381 g/mol. The molecule has 3 aromatic rings. The summed E-state index contributed by atoms with van der Waals surface area (Å²) in [5.74, 6) is 1.96. The summed E-state index contributed by atoms with van der Waals surface area (Å²) in [5, 5.41) is 6.93. The van der Waals surface area contributed by atoms with Gasteiger partial charge in [-0.3, -0.25) is 4.79 Å². The molecule has 1 amide bonds. The molecule has 0 bridgehead atoms. The van der Waals surface area contributed by atoms with Crippen molar-refractivity contribution in [2.45, 2.75) is 26.2 Å². The van der Waals surface area contributed by atoms with E-state index in [1.54, 1.807) is 26.4 Å². The summed E-state index contributed by atoms with van der Waals surface area (Å²) in [7, 11) is 3.15. The van der Waals surface area contributed by atoms with E-state index < -0.39 is 0 Å². The third-order valence-corrected chi connectivity index (χ3v) is 4.35. The molecule has 0 aliphatic rings. The van der Waals surface area contributed by atoms with Crippen molar-refractivity contribution in [3.8, 4) is 22.9 Å². The lowest BCUT2D eigenvalue weighted by Crippen LogP contribution is -2.13. The van der Waals surface area contributed by atoms with E-state index in [4.69, 9.17) is 14.0 Å². The summed E-state index contributed by atoms with van der Waals surface area (Å²) in [6, 6.07) is 13.2. The van der Waals surface area contributed by atoms with Crippen molar-refractivity contribution in [3.05, 3.63) is 53.9 Å². The number of ether oxygens (including phenoxy) is 2. The summed E-state index contributed by atoms with van der Waals surface area (Å²) in [6.07, 6.45) is 1.47. The van der Waals surface area contributed by atoms with E-state index in [1.807, 2.05) is 30.3 Å². The van der Waals surface area contributed by atoms with E-state index in [-0.39, 0.29) is 12.3 Å². The van der Waals surface area contributed by atoms with Crippen LogP contribution in [-0.4, -0.2) is 30.3 Å². The minimum atomic E-state index is -0.0910. The zero-order valence-corrected chi connectivity index (χ0v) is 16.2. The van der Waals surface area contributed by atoms with Crippen molar-refractivity contribution in [3.63, 3.8) is 0 Å². The number of nitrogens with one attached hydrogen (secondary N) is 1. The standard InChI is InChI=1S/C21H23N3O4/c1-4-14-7-5-6-8-16(14)22-19(25)11-12-20-23-21(24-28-20)15-9-10-17(26-2)18(13-15)27-3/h5-10,13H,4,11-12H2,1-3H3,(H,22,25). The molecule has 1 heterocycles. The molecule has 2 aromatic carbocycles. The molecular weight excluding hydrogens is 358 g/mol. The van der Waals surface area contributed by atoms with Gasteiger partial charge in [0.15, 0.2) is 11.5 Å². The smallest absolute Gasteiger partial charge is 0.227 e. The minimum Gasteiger partial charge on any atom is -0.493 e. The van der Waals surface area contributed by atoms with Crippen LogP contribution in [0.5, 0.6) is 11.5 Å². The van der Waals surface area contributed by atoms with Crippen LogP contribution in [0.3, 0.4) is 0 Å². The van der Waals surface area contributed by atoms with Gasteiger partial charge in [0.1, 0.15) is 0 Å². The molecule has 0 radical (unpaired) electrons. The molecule has 0 unspecified atom stereocenters. The lowest BCUT2D eigenvalue weighted by molar-refractivity contribution is -0.116. The Morgan fingerprint density at radius 3 is 2.64 bits per heavy atom. The van der Waals surface area contributed by atoms with Crippen LogP contribution in [0.1, 0.15) is 24.8 Å². The second kappa shape index (κ2) is 9.03. The quantitative estimate of drug-likeness (QED) is 0.637. The van der Waals surface area contributed by atoms with Gasteiger partial charge in [-0.15, -0.1) is 0 Å². The number of hydrogen-bond donors (Lipinski definition) is 1. The zero-order valence-electron chi connectivity index (χ0n) is 16.2. The summed E-state index contributed by atoms with van der Waals surface area (Å²) >= 11 is 0. The number of carbonyl (C=O) groups excluding carboxylic acids is 1. The van der Waals surface area contributed by atoms with Gasteiger partial charge in [0.05, 0.1) is 14.2 Å². The first-order chi connectivity index (χ1) is 13.6. The Kier molecular flexibility index (Phi) is 6.26. The topological polar surface area (TPSA) is 86.5 Å². The Hall–Kier alpha value is -3.35. The van der Waals surface area contributed by atoms with Crippen LogP contribution in [0, 0.1) is 0 Å². The van der Waals surface area contributed by atoms with E-state index in [9.17, 15) is 4.79 Å². The number of benzene rings is 2. The predicted molar refractivity (Wildman–Crippen MR) is 106 cm³/mol. The highest BCUT2D eigenvalue weighted by Crippen LogP contribution is 2.31. The van der Waals surface area contributed by atoms with Gasteiger partial charge < -0.3 is 19.3 Å². The van der Waals surface area contributed by atoms with Gasteiger partial charge in [-0.25, -0.2) is 0 Å². The fourth-order valence-corrected chi connectivity index (χ4v) is 2.83. The van der Waals surface area contributed by atoms with Crippen molar-refractivity contribution < 1.29 is 18.8 Å². The lowest BCUT2D eigenvalue weighted by Gasteiger charge is -2.08. The van der Waals surface area contributed by atoms with Crippen molar-refractivity contribution >= 4 is 11.6 Å². The molecule has 0 saturated heterocycles. The number of carbonyl (C=O) groups is 1. The maximum absolute atomic E-state index is 12.3. The fourth-order valence-electron chi connectivity index (χ4n) is 2.83. The molecule has 28 heavy (non-hydrogen) atoms. The van der Waals surface area contributed by atoms with Crippen LogP contribution in [0.4, 0.5) is 5.69 Å². The monoisotopic (exact) mass is 381 g/mol. The molecule has 0 aliphatic heterocycles. The van der Waals surface area contributed by atoms with Gasteiger partial charge in [-0.2, -0.15) is 4.98 Å². The first-order valence-corrected chi connectivity index (χ1v) is 9.07.